The zero-order chi connectivity index (χ0) is 13.8. The number of carbonyl (C=O) groups is 2. The summed E-state index contributed by atoms with van der Waals surface area (Å²) in [4.78, 5) is 22.4. The largest absolute Gasteiger partial charge is 0.493 e. The summed E-state index contributed by atoms with van der Waals surface area (Å²) in [5.74, 6) is 1.13. The number of ketones is 1. The van der Waals surface area contributed by atoms with E-state index in [0.29, 0.717) is 30.1 Å². The van der Waals surface area contributed by atoms with Gasteiger partial charge < -0.3 is 14.8 Å². The molecule has 0 aliphatic carbocycles. The normalized spacial score (nSPS) is 18.0. The van der Waals surface area contributed by atoms with Crippen molar-refractivity contribution < 1.29 is 19.1 Å². The summed E-state index contributed by atoms with van der Waals surface area (Å²) in [6.07, 6.45) is 1.31. The van der Waals surface area contributed by atoms with Gasteiger partial charge in [-0.15, -0.1) is 0 Å². The molecule has 0 saturated carbocycles. The number of nitrogens with one attached hydrogen (secondary N) is 1. The van der Waals surface area contributed by atoms with Crippen LogP contribution in [0.25, 0.3) is 0 Å². The maximum absolute atomic E-state index is 11.3. The molecule has 5 nitrogen and oxygen atoms in total. The number of rotatable bonds is 5. The van der Waals surface area contributed by atoms with Crippen molar-refractivity contribution in [1.82, 2.24) is 5.32 Å². The number of carbonyl (C=O) groups excluding carboxylic acids is 2. The molecule has 1 unspecified atom stereocenters. The molecular weight excluding hydrogens is 246 g/mol. The fourth-order valence-corrected chi connectivity index (χ4v) is 2.00. The van der Waals surface area contributed by atoms with E-state index in [1.165, 1.54) is 6.92 Å². The topological polar surface area (TPSA) is 64.6 Å². The van der Waals surface area contributed by atoms with Gasteiger partial charge in [0.2, 0.25) is 5.91 Å². The Labute approximate surface area is 111 Å². The van der Waals surface area contributed by atoms with Gasteiger partial charge in [-0.2, -0.15) is 0 Å². The van der Waals surface area contributed by atoms with Crippen LogP contribution in [-0.4, -0.2) is 31.4 Å². The lowest BCUT2D eigenvalue weighted by molar-refractivity contribution is -0.119. The quantitative estimate of drug-likeness (QED) is 0.819. The molecule has 1 heterocycles. The molecule has 1 atom stereocenters. The zero-order valence-electron chi connectivity index (χ0n) is 11.1. The van der Waals surface area contributed by atoms with Crippen LogP contribution < -0.4 is 14.8 Å². The molecule has 1 aliphatic heterocycles. The standard InChI is InChI=1S/C14H17NO4/c1-9(16)10-3-5-12(18-2)13(7-10)19-8-11-4-6-14(17)15-11/h3,5,7,11H,4,6,8H2,1-2H3,(H,15,17). The van der Waals surface area contributed by atoms with E-state index >= 15 is 0 Å². The van der Waals surface area contributed by atoms with Crippen molar-refractivity contribution in [2.75, 3.05) is 13.7 Å². The molecule has 5 heteroatoms. The van der Waals surface area contributed by atoms with Crippen LogP contribution in [0.2, 0.25) is 0 Å². The Hall–Kier alpha value is -2.04. The Balaban J connectivity index is 2.07. The third-order valence-electron chi connectivity index (χ3n) is 3.10. The van der Waals surface area contributed by atoms with E-state index in [0.717, 1.165) is 6.42 Å². The molecule has 1 amide bonds. The third-order valence-corrected chi connectivity index (χ3v) is 3.10. The van der Waals surface area contributed by atoms with Crippen molar-refractivity contribution in [2.45, 2.75) is 25.8 Å². The summed E-state index contributed by atoms with van der Waals surface area (Å²) in [6, 6.07) is 5.10. The predicted octanol–water partition coefficient (Wildman–Crippen LogP) is 1.56. The molecule has 1 aliphatic rings. The van der Waals surface area contributed by atoms with Crippen LogP contribution in [0.5, 0.6) is 11.5 Å². The summed E-state index contributed by atoms with van der Waals surface area (Å²) < 4.78 is 10.9. The molecule has 1 aromatic rings. The average Bonchev–Trinajstić information content (AvgIpc) is 2.81. The van der Waals surface area contributed by atoms with Crippen LogP contribution >= 0.6 is 0 Å². The van der Waals surface area contributed by atoms with Crippen LogP contribution in [0, 0.1) is 0 Å². The Morgan fingerprint density at radius 1 is 1.42 bits per heavy atom. The van der Waals surface area contributed by atoms with Gasteiger partial charge in [-0.1, -0.05) is 0 Å². The van der Waals surface area contributed by atoms with Gasteiger partial charge in [0.15, 0.2) is 17.3 Å². The van der Waals surface area contributed by atoms with Crippen molar-refractivity contribution in [3.05, 3.63) is 23.8 Å². The first-order chi connectivity index (χ1) is 9.10. The minimum Gasteiger partial charge on any atom is -0.493 e. The molecule has 0 bridgehead atoms. The monoisotopic (exact) mass is 263 g/mol. The van der Waals surface area contributed by atoms with Gasteiger partial charge in [0, 0.05) is 12.0 Å². The van der Waals surface area contributed by atoms with Crippen LogP contribution in [0.15, 0.2) is 18.2 Å². The van der Waals surface area contributed by atoms with Crippen LogP contribution in [0.1, 0.15) is 30.1 Å². The van der Waals surface area contributed by atoms with Gasteiger partial charge in [-0.05, 0) is 31.5 Å². The van der Waals surface area contributed by atoms with Crippen molar-refractivity contribution in [3.63, 3.8) is 0 Å². The number of methoxy groups -OCH3 is 1. The summed E-state index contributed by atoms with van der Waals surface area (Å²) in [5.41, 5.74) is 0.575. The lowest BCUT2D eigenvalue weighted by Gasteiger charge is -2.15. The summed E-state index contributed by atoms with van der Waals surface area (Å²) in [6.45, 7) is 1.88. The van der Waals surface area contributed by atoms with E-state index in [1.807, 2.05) is 0 Å². The molecule has 1 fully saturated rings. The van der Waals surface area contributed by atoms with E-state index < -0.39 is 0 Å². The van der Waals surface area contributed by atoms with E-state index in [9.17, 15) is 9.59 Å². The molecular formula is C14H17NO4. The Morgan fingerprint density at radius 3 is 2.79 bits per heavy atom. The molecule has 102 valence electrons. The van der Waals surface area contributed by atoms with E-state index in [-0.39, 0.29) is 17.7 Å². The maximum Gasteiger partial charge on any atom is 0.220 e. The maximum atomic E-state index is 11.3. The van der Waals surface area contributed by atoms with Gasteiger partial charge in [0.25, 0.3) is 0 Å². The molecule has 2 rings (SSSR count). The first-order valence-electron chi connectivity index (χ1n) is 6.21. The van der Waals surface area contributed by atoms with Gasteiger partial charge in [-0.3, -0.25) is 9.59 Å². The molecule has 1 saturated heterocycles. The first-order valence-corrected chi connectivity index (χ1v) is 6.21. The minimum absolute atomic E-state index is 0.0261. The molecule has 19 heavy (non-hydrogen) atoms. The number of benzene rings is 1. The molecule has 0 spiro atoms. The number of hydrogen-bond acceptors (Lipinski definition) is 4. The second-order valence-electron chi connectivity index (χ2n) is 4.54. The van der Waals surface area contributed by atoms with Crippen LogP contribution in [0.4, 0.5) is 0 Å². The van der Waals surface area contributed by atoms with Gasteiger partial charge in [0.05, 0.1) is 13.2 Å². The fourth-order valence-electron chi connectivity index (χ4n) is 2.00. The van der Waals surface area contributed by atoms with Gasteiger partial charge >= 0.3 is 0 Å². The highest BCUT2D eigenvalue weighted by Gasteiger charge is 2.21. The third kappa shape index (κ3) is 3.24. The minimum atomic E-state index is -0.0262. The van der Waals surface area contributed by atoms with Crippen molar-refractivity contribution in [3.8, 4) is 11.5 Å². The summed E-state index contributed by atoms with van der Waals surface area (Å²) >= 11 is 0. The summed E-state index contributed by atoms with van der Waals surface area (Å²) in [5, 5.41) is 2.83. The lowest BCUT2D eigenvalue weighted by atomic mass is 10.1. The second kappa shape index (κ2) is 5.73. The molecule has 0 aromatic heterocycles. The Bertz CT molecular complexity index is 498. The van der Waals surface area contributed by atoms with Crippen LogP contribution in [0.3, 0.4) is 0 Å². The van der Waals surface area contributed by atoms with Gasteiger partial charge in [0.1, 0.15) is 6.61 Å². The van der Waals surface area contributed by atoms with Gasteiger partial charge in [-0.25, -0.2) is 0 Å². The highest BCUT2D eigenvalue weighted by molar-refractivity contribution is 5.94. The average molecular weight is 263 g/mol. The summed E-state index contributed by atoms with van der Waals surface area (Å²) in [7, 11) is 1.55. The molecule has 0 radical (unpaired) electrons. The van der Waals surface area contributed by atoms with Crippen molar-refractivity contribution in [2.24, 2.45) is 0 Å². The zero-order valence-corrected chi connectivity index (χ0v) is 11.1. The highest BCUT2D eigenvalue weighted by atomic mass is 16.5. The Kier molecular flexibility index (Phi) is 4.04. The Morgan fingerprint density at radius 2 is 2.21 bits per heavy atom. The number of ether oxygens (including phenoxy) is 2. The van der Waals surface area contributed by atoms with Crippen LogP contribution in [-0.2, 0) is 4.79 Å². The van der Waals surface area contributed by atoms with Crippen molar-refractivity contribution in [1.29, 1.82) is 0 Å². The number of amides is 1. The second-order valence-corrected chi connectivity index (χ2v) is 4.54. The fraction of sp³-hybridized carbons (Fsp3) is 0.429. The highest BCUT2D eigenvalue weighted by Crippen LogP contribution is 2.28. The van der Waals surface area contributed by atoms with Crippen molar-refractivity contribution >= 4 is 11.7 Å². The number of hydrogen-bond donors (Lipinski definition) is 1. The first kappa shape index (κ1) is 13.4. The smallest absolute Gasteiger partial charge is 0.220 e. The van der Waals surface area contributed by atoms with E-state index in [1.54, 1.807) is 25.3 Å². The SMILES string of the molecule is COc1ccc(C(C)=O)cc1OCC1CCC(=O)N1. The van der Waals surface area contributed by atoms with E-state index in [2.05, 4.69) is 5.32 Å². The molecule has 1 N–H and O–H groups in total. The molecule has 1 aromatic carbocycles. The van der Waals surface area contributed by atoms with E-state index in [4.69, 9.17) is 9.47 Å². The number of Topliss-reactive ketones (excluding diaryl/α,β-unsaturated/α-hetero) is 1. The predicted molar refractivity (Wildman–Crippen MR) is 69.7 cm³/mol. The lowest BCUT2D eigenvalue weighted by Crippen LogP contribution is -2.30.